The van der Waals surface area contributed by atoms with E-state index in [-0.39, 0.29) is 0 Å². The molecule has 4 atom stereocenters. The van der Waals surface area contributed by atoms with E-state index in [0.29, 0.717) is 18.1 Å². The predicted octanol–water partition coefficient (Wildman–Crippen LogP) is 2.89. The van der Waals surface area contributed by atoms with Crippen molar-refractivity contribution in [3.8, 4) is 0 Å². The van der Waals surface area contributed by atoms with Crippen LogP contribution in [0.1, 0.15) is 69.6 Å². The second-order valence-corrected chi connectivity index (χ2v) is 7.23. The molecule has 4 rings (SSSR count). The van der Waals surface area contributed by atoms with Gasteiger partial charge in [-0.2, -0.15) is 0 Å². The van der Waals surface area contributed by atoms with E-state index in [4.69, 9.17) is 0 Å². The highest BCUT2D eigenvalue weighted by Crippen LogP contribution is 2.37. The Labute approximate surface area is 127 Å². The van der Waals surface area contributed by atoms with Gasteiger partial charge in [-0.1, -0.05) is 6.42 Å². The molecule has 0 bridgehead atoms. The van der Waals surface area contributed by atoms with Crippen LogP contribution >= 0.6 is 0 Å². The first-order valence-electron chi connectivity index (χ1n) is 8.85. The second kappa shape index (κ2) is 5.73. The molecule has 0 amide bonds. The Morgan fingerprint density at radius 2 is 2.00 bits per heavy atom. The highest BCUT2D eigenvalue weighted by Gasteiger charge is 2.38. The van der Waals surface area contributed by atoms with Gasteiger partial charge < -0.3 is 9.88 Å². The fourth-order valence-electron chi connectivity index (χ4n) is 4.78. The highest BCUT2D eigenvalue weighted by atomic mass is 15.3. The molecule has 4 heterocycles. The summed E-state index contributed by atoms with van der Waals surface area (Å²) in [5.74, 6) is 0. The van der Waals surface area contributed by atoms with Gasteiger partial charge in [-0.15, -0.1) is 0 Å². The van der Waals surface area contributed by atoms with Gasteiger partial charge in [0.15, 0.2) is 0 Å². The smallest absolute Gasteiger partial charge is 0.0951 e. The summed E-state index contributed by atoms with van der Waals surface area (Å²) in [5.41, 5.74) is 1.43. The van der Waals surface area contributed by atoms with Gasteiger partial charge in [0.2, 0.25) is 0 Å². The lowest BCUT2D eigenvalue weighted by Crippen LogP contribution is -2.39. The van der Waals surface area contributed by atoms with E-state index in [1.165, 1.54) is 63.7 Å². The van der Waals surface area contributed by atoms with E-state index in [2.05, 4.69) is 39.2 Å². The van der Waals surface area contributed by atoms with Gasteiger partial charge in [0.05, 0.1) is 18.1 Å². The van der Waals surface area contributed by atoms with E-state index in [1.807, 2.05) is 0 Å². The third kappa shape index (κ3) is 2.53. The lowest BCUT2D eigenvalue weighted by Gasteiger charge is -2.35. The largest absolute Gasteiger partial charge is 0.328 e. The molecule has 1 aromatic rings. The Morgan fingerprint density at radius 1 is 1.05 bits per heavy atom. The first kappa shape index (κ1) is 13.8. The van der Waals surface area contributed by atoms with Crippen LogP contribution in [0.3, 0.4) is 0 Å². The summed E-state index contributed by atoms with van der Waals surface area (Å²) in [6.07, 6.45) is 13.6. The molecule has 3 saturated heterocycles. The molecule has 4 heteroatoms. The maximum absolute atomic E-state index is 4.51. The Hall–Kier alpha value is -0.870. The van der Waals surface area contributed by atoms with Crippen LogP contribution in [-0.4, -0.2) is 39.6 Å². The molecule has 0 saturated carbocycles. The van der Waals surface area contributed by atoms with Gasteiger partial charge in [-0.05, 0) is 52.0 Å². The summed E-state index contributed by atoms with van der Waals surface area (Å²) in [6.45, 7) is 4.90. The average molecular weight is 288 g/mol. The van der Waals surface area contributed by atoms with E-state index >= 15 is 0 Å². The zero-order valence-electron chi connectivity index (χ0n) is 13.2. The van der Waals surface area contributed by atoms with Gasteiger partial charge in [0, 0.05) is 30.9 Å². The molecule has 3 fully saturated rings. The number of nitrogens with one attached hydrogen (secondary N) is 1. The average Bonchev–Trinajstić information content (AvgIpc) is 3.13. The maximum atomic E-state index is 4.51. The molecule has 0 radical (unpaired) electrons. The van der Waals surface area contributed by atoms with Crippen LogP contribution in [0.4, 0.5) is 0 Å². The number of piperidine rings is 2. The van der Waals surface area contributed by atoms with Gasteiger partial charge in [-0.25, -0.2) is 4.98 Å². The first-order chi connectivity index (χ1) is 10.3. The highest BCUT2D eigenvalue weighted by molar-refractivity contribution is 5.11. The molecule has 0 aliphatic carbocycles. The van der Waals surface area contributed by atoms with Crippen molar-refractivity contribution in [3.63, 3.8) is 0 Å². The third-order valence-electron chi connectivity index (χ3n) is 5.85. The number of hydrogen-bond acceptors (Lipinski definition) is 3. The Kier molecular flexibility index (Phi) is 3.76. The van der Waals surface area contributed by atoms with Crippen LogP contribution in [0.25, 0.3) is 0 Å². The fraction of sp³-hybridized carbons (Fsp3) is 0.824. The zero-order valence-corrected chi connectivity index (χ0v) is 13.2. The van der Waals surface area contributed by atoms with Crippen molar-refractivity contribution >= 4 is 0 Å². The van der Waals surface area contributed by atoms with Crippen molar-refractivity contribution in [1.29, 1.82) is 0 Å². The normalized spacial score (nSPS) is 37.6. The molecular formula is C17H28N4. The van der Waals surface area contributed by atoms with E-state index in [9.17, 15) is 0 Å². The van der Waals surface area contributed by atoms with Crippen molar-refractivity contribution in [3.05, 3.63) is 18.2 Å². The van der Waals surface area contributed by atoms with Gasteiger partial charge in [-0.3, -0.25) is 4.90 Å². The molecule has 0 spiro atoms. The number of fused-ring (bicyclic) bond motifs is 1. The minimum atomic E-state index is 0.508. The molecule has 1 aromatic heterocycles. The van der Waals surface area contributed by atoms with Gasteiger partial charge >= 0.3 is 0 Å². The first-order valence-corrected chi connectivity index (χ1v) is 8.85. The van der Waals surface area contributed by atoms with Crippen molar-refractivity contribution in [2.45, 2.75) is 76.0 Å². The molecule has 116 valence electrons. The predicted molar refractivity (Wildman–Crippen MR) is 84.3 cm³/mol. The van der Waals surface area contributed by atoms with E-state index < -0.39 is 0 Å². The van der Waals surface area contributed by atoms with E-state index in [0.717, 1.165) is 6.04 Å². The Morgan fingerprint density at radius 3 is 2.90 bits per heavy atom. The van der Waals surface area contributed by atoms with Crippen molar-refractivity contribution in [2.75, 3.05) is 13.1 Å². The van der Waals surface area contributed by atoms with Crippen molar-refractivity contribution < 1.29 is 0 Å². The number of rotatable bonds is 2. The summed E-state index contributed by atoms with van der Waals surface area (Å²) in [4.78, 5) is 7.23. The molecule has 3 aliphatic rings. The third-order valence-corrected chi connectivity index (χ3v) is 5.85. The minimum absolute atomic E-state index is 0.508. The molecule has 4 nitrogen and oxygen atoms in total. The van der Waals surface area contributed by atoms with Crippen molar-refractivity contribution in [1.82, 2.24) is 19.8 Å². The monoisotopic (exact) mass is 288 g/mol. The number of aromatic nitrogens is 2. The van der Waals surface area contributed by atoms with Gasteiger partial charge in [0.1, 0.15) is 0 Å². The lowest BCUT2D eigenvalue weighted by atomic mass is 9.95. The molecule has 1 N–H and O–H groups in total. The Balaban J connectivity index is 1.57. The summed E-state index contributed by atoms with van der Waals surface area (Å²) in [5, 5.41) is 3.78. The summed E-state index contributed by atoms with van der Waals surface area (Å²) < 4.78 is 2.52. The van der Waals surface area contributed by atoms with Crippen LogP contribution in [0.5, 0.6) is 0 Å². The SMILES string of the molecule is CC1CCCC(c2cncn2C2CCN3CCCCC23)N1. The molecule has 4 unspecified atom stereocenters. The quantitative estimate of drug-likeness (QED) is 0.908. The van der Waals surface area contributed by atoms with Gasteiger partial charge in [0.25, 0.3) is 0 Å². The summed E-state index contributed by atoms with van der Waals surface area (Å²) >= 11 is 0. The van der Waals surface area contributed by atoms with Crippen LogP contribution in [0, 0.1) is 0 Å². The molecular weight excluding hydrogens is 260 g/mol. The van der Waals surface area contributed by atoms with Crippen molar-refractivity contribution in [2.24, 2.45) is 0 Å². The minimum Gasteiger partial charge on any atom is -0.328 e. The summed E-state index contributed by atoms with van der Waals surface area (Å²) in [6, 6.07) is 2.56. The van der Waals surface area contributed by atoms with Crippen LogP contribution in [0.2, 0.25) is 0 Å². The zero-order chi connectivity index (χ0) is 14.2. The number of nitrogens with zero attached hydrogens (tertiary/aromatic N) is 3. The van der Waals surface area contributed by atoms with Crippen LogP contribution < -0.4 is 5.32 Å². The van der Waals surface area contributed by atoms with Crippen LogP contribution in [0.15, 0.2) is 12.5 Å². The second-order valence-electron chi connectivity index (χ2n) is 7.23. The maximum Gasteiger partial charge on any atom is 0.0951 e. The Bertz CT molecular complexity index is 483. The summed E-state index contributed by atoms with van der Waals surface area (Å²) in [7, 11) is 0. The number of imidazole rings is 1. The fourth-order valence-corrected chi connectivity index (χ4v) is 4.78. The number of hydrogen-bond donors (Lipinski definition) is 1. The van der Waals surface area contributed by atoms with E-state index in [1.54, 1.807) is 0 Å². The lowest BCUT2D eigenvalue weighted by molar-refractivity contribution is 0.171. The molecule has 3 aliphatic heterocycles. The topological polar surface area (TPSA) is 33.1 Å². The molecule has 0 aromatic carbocycles. The van der Waals surface area contributed by atoms with Crippen LogP contribution in [-0.2, 0) is 0 Å². The standard InChI is InChI=1S/C17H28N4/c1-13-5-4-6-14(19-13)17-11-18-12-21(17)16-8-10-20-9-3-2-7-15(16)20/h11-16,19H,2-10H2,1H3. The molecule has 21 heavy (non-hydrogen) atoms.